The SMILES string of the molecule is OCCNc1nccc(NCCNc2ccnc3cc(Cl)ccc23)n1. The average Bonchev–Trinajstić information content (AvgIpc) is 2.63. The van der Waals surface area contributed by atoms with E-state index in [1.807, 2.05) is 24.3 Å². The molecule has 3 rings (SSSR count). The van der Waals surface area contributed by atoms with Crippen molar-refractivity contribution in [3.05, 3.63) is 47.7 Å². The summed E-state index contributed by atoms with van der Waals surface area (Å²) < 4.78 is 0. The van der Waals surface area contributed by atoms with Crippen LogP contribution >= 0.6 is 11.6 Å². The van der Waals surface area contributed by atoms with Crippen molar-refractivity contribution in [1.82, 2.24) is 15.0 Å². The number of nitrogens with zero attached hydrogens (tertiary/aromatic N) is 3. The minimum absolute atomic E-state index is 0.0377. The second-order valence-electron chi connectivity index (χ2n) is 5.29. The molecule has 0 aliphatic carbocycles. The highest BCUT2D eigenvalue weighted by Gasteiger charge is 2.02. The molecule has 4 N–H and O–H groups in total. The minimum atomic E-state index is 0.0377. The Morgan fingerprint density at radius 3 is 2.64 bits per heavy atom. The summed E-state index contributed by atoms with van der Waals surface area (Å²) in [6.45, 7) is 1.86. The van der Waals surface area contributed by atoms with Crippen LogP contribution in [0.4, 0.5) is 17.5 Å². The number of anilines is 3. The average molecular weight is 359 g/mol. The highest BCUT2D eigenvalue weighted by Crippen LogP contribution is 2.24. The van der Waals surface area contributed by atoms with Gasteiger partial charge in [-0.2, -0.15) is 4.98 Å². The first-order valence-electron chi connectivity index (χ1n) is 7.96. The molecule has 2 aromatic heterocycles. The normalized spacial score (nSPS) is 10.6. The Morgan fingerprint density at radius 2 is 1.76 bits per heavy atom. The van der Waals surface area contributed by atoms with Gasteiger partial charge in [0.05, 0.1) is 12.1 Å². The highest BCUT2D eigenvalue weighted by molar-refractivity contribution is 6.31. The summed E-state index contributed by atoms with van der Waals surface area (Å²) >= 11 is 6.01. The highest BCUT2D eigenvalue weighted by atomic mass is 35.5. The first-order valence-corrected chi connectivity index (χ1v) is 8.34. The Bertz CT molecular complexity index is 844. The lowest BCUT2D eigenvalue weighted by Gasteiger charge is -2.11. The van der Waals surface area contributed by atoms with Crippen LogP contribution < -0.4 is 16.0 Å². The third-order valence-corrected chi connectivity index (χ3v) is 3.74. The Morgan fingerprint density at radius 1 is 0.920 bits per heavy atom. The van der Waals surface area contributed by atoms with Gasteiger partial charge in [-0.3, -0.25) is 4.98 Å². The molecule has 0 aliphatic heterocycles. The molecule has 0 bridgehead atoms. The molecular weight excluding hydrogens is 340 g/mol. The topological polar surface area (TPSA) is 95.0 Å². The zero-order valence-corrected chi connectivity index (χ0v) is 14.3. The molecular formula is C17H19ClN6O. The van der Waals surface area contributed by atoms with Crippen molar-refractivity contribution in [2.24, 2.45) is 0 Å². The molecule has 3 aromatic rings. The molecule has 0 spiro atoms. The van der Waals surface area contributed by atoms with Gasteiger partial charge in [0.15, 0.2) is 0 Å². The summed E-state index contributed by atoms with van der Waals surface area (Å²) in [6, 6.07) is 9.41. The fraction of sp³-hybridized carbons (Fsp3) is 0.235. The number of rotatable bonds is 8. The molecule has 0 radical (unpaired) electrons. The number of aliphatic hydroxyl groups excluding tert-OH is 1. The van der Waals surface area contributed by atoms with Crippen LogP contribution in [0.1, 0.15) is 0 Å². The van der Waals surface area contributed by atoms with Crippen LogP contribution in [0.3, 0.4) is 0 Å². The standard InChI is InChI=1S/C17H19ClN6O/c18-12-1-2-13-14(3-5-19-15(13)11-12)20-7-8-21-16-4-6-22-17(24-16)23-9-10-25/h1-6,11,25H,7-10H2,(H,19,20)(H2,21,22,23,24). The van der Waals surface area contributed by atoms with Crippen molar-refractivity contribution >= 4 is 40.0 Å². The number of halogens is 1. The van der Waals surface area contributed by atoms with E-state index in [4.69, 9.17) is 16.7 Å². The van der Waals surface area contributed by atoms with Crippen LogP contribution in [0.15, 0.2) is 42.7 Å². The van der Waals surface area contributed by atoms with Crippen molar-refractivity contribution in [2.45, 2.75) is 0 Å². The number of hydrogen-bond donors (Lipinski definition) is 4. The smallest absolute Gasteiger partial charge is 0.224 e. The summed E-state index contributed by atoms with van der Waals surface area (Å²) in [5, 5.41) is 20.1. The van der Waals surface area contributed by atoms with E-state index in [0.29, 0.717) is 30.6 Å². The van der Waals surface area contributed by atoms with Gasteiger partial charge < -0.3 is 21.1 Å². The molecule has 25 heavy (non-hydrogen) atoms. The van der Waals surface area contributed by atoms with Gasteiger partial charge >= 0.3 is 0 Å². The second-order valence-corrected chi connectivity index (χ2v) is 5.73. The second kappa shape index (κ2) is 8.46. The van der Waals surface area contributed by atoms with Crippen molar-refractivity contribution in [1.29, 1.82) is 0 Å². The van der Waals surface area contributed by atoms with Gasteiger partial charge in [-0.25, -0.2) is 4.98 Å². The Labute approximate surface area is 150 Å². The maximum atomic E-state index is 8.82. The summed E-state index contributed by atoms with van der Waals surface area (Å²) in [6.07, 6.45) is 3.43. The van der Waals surface area contributed by atoms with Crippen molar-refractivity contribution in [3.63, 3.8) is 0 Å². The van der Waals surface area contributed by atoms with Crippen LogP contribution in [0, 0.1) is 0 Å². The van der Waals surface area contributed by atoms with E-state index >= 15 is 0 Å². The number of fused-ring (bicyclic) bond motifs is 1. The monoisotopic (exact) mass is 358 g/mol. The van der Waals surface area contributed by atoms with Crippen molar-refractivity contribution < 1.29 is 5.11 Å². The van der Waals surface area contributed by atoms with Crippen LogP contribution in [0.5, 0.6) is 0 Å². The van der Waals surface area contributed by atoms with E-state index in [2.05, 4.69) is 30.9 Å². The third-order valence-electron chi connectivity index (χ3n) is 3.50. The zero-order valence-electron chi connectivity index (χ0n) is 13.5. The van der Waals surface area contributed by atoms with Crippen LogP contribution in [0.2, 0.25) is 5.02 Å². The van der Waals surface area contributed by atoms with Gasteiger partial charge in [0.2, 0.25) is 5.95 Å². The molecule has 7 nitrogen and oxygen atoms in total. The van der Waals surface area contributed by atoms with Crippen molar-refractivity contribution in [2.75, 3.05) is 42.2 Å². The van der Waals surface area contributed by atoms with E-state index in [-0.39, 0.29) is 6.61 Å². The quantitative estimate of drug-likeness (QED) is 0.460. The fourth-order valence-electron chi connectivity index (χ4n) is 2.37. The maximum Gasteiger partial charge on any atom is 0.224 e. The zero-order chi connectivity index (χ0) is 17.5. The molecule has 0 fully saturated rings. The van der Waals surface area contributed by atoms with Gasteiger partial charge in [0.1, 0.15) is 5.82 Å². The summed E-state index contributed by atoms with van der Waals surface area (Å²) in [5.41, 5.74) is 1.87. The predicted octanol–water partition coefficient (Wildman–Crippen LogP) is 2.61. The van der Waals surface area contributed by atoms with Crippen LogP contribution in [-0.4, -0.2) is 46.3 Å². The largest absolute Gasteiger partial charge is 0.395 e. The molecule has 0 saturated heterocycles. The Kier molecular flexibility index (Phi) is 5.81. The lowest BCUT2D eigenvalue weighted by molar-refractivity contribution is 0.311. The molecule has 130 valence electrons. The van der Waals surface area contributed by atoms with E-state index < -0.39 is 0 Å². The number of nitrogens with one attached hydrogen (secondary N) is 3. The fourth-order valence-corrected chi connectivity index (χ4v) is 2.54. The van der Waals surface area contributed by atoms with Crippen LogP contribution in [0.25, 0.3) is 10.9 Å². The van der Waals surface area contributed by atoms with Crippen LogP contribution in [-0.2, 0) is 0 Å². The first-order chi connectivity index (χ1) is 12.3. The summed E-state index contributed by atoms with van der Waals surface area (Å²) in [7, 11) is 0. The van der Waals surface area contributed by atoms with Gasteiger partial charge in [-0.05, 0) is 30.3 Å². The Balaban J connectivity index is 1.55. The van der Waals surface area contributed by atoms with Crippen molar-refractivity contribution in [3.8, 4) is 0 Å². The molecule has 0 atom stereocenters. The van der Waals surface area contributed by atoms with Gasteiger partial charge in [-0.1, -0.05) is 11.6 Å². The Hall–Kier alpha value is -2.64. The number of hydrogen-bond acceptors (Lipinski definition) is 7. The third kappa shape index (κ3) is 4.68. The van der Waals surface area contributed by atoms with E-state index in [9.17, 15) is 0 Å². The lowest BCUT2D eigenvalue weighted by atomic mass is 10.2. The van der Waals surface area contributed by atoms with Gasteiger partial charge in [-0.15, -0.1) is 0 Å². The number of aromatic nitrogens is 3. The molecule has 0 amide bonds. The number of pyridine rings is 1. The molecule has 0 aliphatic rings. The molecule has 0 unspecified atom stereocenters. The van der Waals surface area contributed by atoms with Gasteiger partial charge in [0, 0.05) is 48.1 Å². The minimum Gasteiger partial charge on any atom is -0.395 e. The lowest BCUT2D eigenvalue weighted by Crippen LogP contribution is -2.15. The maximum absolute atomic E-state index is 8.82. The molecule has 2 heterocycles. The first kappa shape index (κ1) is 17.2. The molecule has 8 heteroatoms. The number of aliphatic hydroxyl groups is 1. The van der Waals surface area contributed by atoms with E-state index in [1.54, 1.807) is 18.5 Å². The molecule has 1 aromatic carbocycles. The van der Waals surface area contributed by atoms with Gasteiger partial charge in [0.25, 0.3) is 0 Å². The predicted molar refractivity (Wildman–Crippen MR) is 101 cm³/mol. The summed E-state index contributed by atoms with van der Waals surface area (Å²) in [5.74, 6) is 1.22. The van der Waals surface area contributed by atoms with E-state index in [0.717, 1.165) is 22.4 Å². The molecule has 0 saturated carbocycles. The summed E-state index contributed by atoms with van der Waals surface area (Å²) in [4.78, 5) is 12.7. The van der Waals surface area contributed by atoms with E-state index in [1.165, 1.54) is 0 Å². The number of benzene rings is 1.